The zero-order chi connectivity index (χ0) is 70.8. The van der Waals surface area contributed by atoms with Crippen LogP contribution in [0.15, 0.2) is 182 Å². The smallest absolute Gasteiger partial charge is 0.213 e. The predicted molar refractivity (Wildman–Crippen MR) is 435 cm³/mol. The van der Waals surface area contributed by atoms with Crippen molar-refractivity contribution < 1.29 is 9.13 Å². The van der Waals surface area contributed by atoms with Crippen LogP contribution in [0.4, 0.5) is 0 Å². The second kappa shape index (κ2) is 27.9. The molecule has 510 valence electrons. The van der Waals surface area contributed by atoms with Crippen LogP contribution in [0.1, 0.15) is 148 Å². The molecule has 0 aliphatic carbocycles. The Balaban J connectivity index is 1.05. The predicted octanol–water partition coefficient (Wildman–Crippen LogP) is 24.5. The maximum atomic E-state index is 5.97. The van der Waals surface area contributed by atoms with Gasteiger partial charge >= 0.3 is 0 Å². The van der Waals surface area contributed by atoms with E-state index in [2.05, 4.69) is 323 Å². The van der Waals surface area contributed by atoms with E-state index < -0.39 is 0 Å². The molecule has 5 aromatic heterocycles. The number of hydrogen-bond acceptors (Lipinski definition) is 2. The molecule has 0 saturated carbocycles. The normalized spacial score (nSPS) is 12.4. The third-order valence-corrected chi connectivity index (χ3v) is 21.8. The van der Waals surface area contributed by atoms with E-state index in [1.807, 2.05) is 0 Å². The molecule has 15 rings (SSSR count). The molecule has 0 unspecified atom stereocenters. The van der Waals surface area contributed by atoms with Crippen LogP contribution >= 0.6 is 0 Å². The number of pyridine rings is 2. The van der Waals surface area contributed by atoms with E-state index in [-0.39, 0.29) is 0 Å². The van der Waals surface area contributed by atoms with Crippen LogP contribution in [0.3, 0.4) is 0 Å². The van der Waals surface area contributed by atoms with Gasteiger partial charge in [0, 0.05) is 79.7 Å². The maximum absolute atomic E-state index is 5.97. The number of H-pyrrole nitrogens is 2. The number of para-hydroxylation sites is 4. The molecule has 0 fully saturated rings. The van der Waals surface area contributed by atoms with Gasteiger partial charge in [0.2, 0.25) is 22.1 Å². The Morgan fingerprint density at radius 3 is 0.833 bits per heavy atom. The van der Waals surface area contributed by atoms with Crippen molar-refractivity contribution in [2.24, 2.45) is 37.8 Å². The Kier molecular flexibility index (Phi) is 18.5. The van der Waals surface area contributed by atoms with E-state index in [9.17, 15) is 0 Å². The maximum Gasteiger partial charge on any atom is 0.213 e. The number of benzene rings is 8. The van der Waals surface area contributed by atoms with E-state index >= 15 is 0 Å². The highest BCUT2D eigenvalue weighted by atomic mass is 14.9. The third kappa shape index (κ3) is 12.9. The number of nitrogens with one attached hydrogen (secondary N) is 2. The Morgan fingerprint density at radius 1 is 0.284 bits per heavy atom. The van der Waals surface area contributed by atoms with E-state index in [0.717, 1.165) is 130 Å². The molecule has 102 heavy (non-hydrogen) atoms. The number of aromatic nitrogens is 6. The summed E-state index contributed by atoms with van der Waals surface area (Å²) in [4.78, 5) is 20.4. The van der Waals surface area contributed by atoms with Gasteiger partial charge in [-0.3, -0.25) is 0 Å². The minimum absolute atomic E-state index is 0.572. The number of rotatable bonds is 18. The molecule has 8 aromatic carbocycles. The summed E-state index contributed by atoms with van der Waals surface area (Å²) >= 11 is 0. The van der Waals surface area contributed by atoms with E-state index in [1.165, 1.54) is 122 Å². The minimum Gasteiger partial charge on any atom is -0.354 e. The van der Waals surface area contributed by atoms with E-state index in [1.54, 1.807) is 0 Å². The summed E-state index contributed by atoms with van der Waals surface area (Å²) in [6, 6.07) is 69.4. The molecule has 2 aliphatic heterocycles. The van der Waals surface area contributed by atoms with Crippen molar-refractivity contribution in [3.63, 3.8) is 0 Å². The zero-order valence-electron chi connectivity index (χ0n) is 62.4. The Bertz CT molecular complexity index is 5350. The quantitative estimate of drug-likeness (QED) is 0.0664. The molecule has 0 amide bonds. The number of hydrogen-bond donors (Lipinski definition) is 2. The monoisotopic (exact) mass is 1330 g/mol. The van der Waals surface area contributed by atoms with Gasteiger partial charge in [-0.15, -0.1) is 0 Å². The van der Waals surface area contributed by atoms with Gasteiger partial charge in [-0.1, -0.05) is 165 Å². The fourth-order valence-corrected chi connectivity index (χ4v) is 16.6. The Hall–Kier alpha value is -10.3. The zero-order valence-corrected chi connectivity index (χ0v) is 62.4. The molecule has 13 aromatic rings. The van der Waals surface area contributed by atoms with Crippen molar-refractivity contribution in [2.75, 3.05) is 0 Å². The van der Waals surface area contributed by atoms with Crippen LogP contribution in [-0.2, 0) is 39.8 Å². The number of aryl methyl sites for hydroxylation is 10. The van der Waals surface area contributed by atoms with Crippen LogP contribution in [0, 0.1) is 51.4 Å². The summed E-state index contributed by atoms with van der Waals surface area (Å²) in [6.07, 6.45) is 17.5. The highest BCUT2D eigenvalue weighted by Gasteiger charge is 2.27. The number of nitrogens with zero attached hydrogens (tertiary/aromatic N) is 4. The van der Waals surface area contributed by atoms with Crippen LogP contribution in [0.25, 0.3) is 157 Å². The number of fused-ring (bicyclic) bond motifs is 12. The molecule has 7 heterocycles. The number of aromatic amines is 2. The van der Waals surface area contributed by atoms with Crippen LogP contribution < -0.4 is 9.13 Å². The van der Waals surface area contributed by atoms with Gasteiger partial charge in [-0.25, -0.2) is 9.97 Å². The van der Waals surface area contributed by atoms with Crippen molar-refractivity contribution in [3.05, 3.63) is 249 Å². The lowest BCUT2D eigenvalue weighted by Gasteiger charge is -2.17. The highest BCUT2D eigenvalue weighted by Crippen LogP contribution is 2.46. The summed E-state index contributed by atoms with van der Waals surface area (Å²) < 4.78 is 4.68. The summed E-state index contributed by atoms with van der Waals surface area (Å²) in [5, 5.41) is 4.96. The average molecular weight is 1340 g/mol. The summed E-state index contributed by atoms with van der Waals surface area (Å²) in [6.45, 7) is 28.0. The van der Waals surface area contributed by atoms with Gasteiger partial charge in [0.15, 0.2) is 0 Å². The van der Waals surface area contributed by atoms with Crippen molar-refractivity contribution in [1.82, 2.24) is 19.9 Å². The lowest BCUT2D eigenvalue weighted by molar-refractivity contribution is -0.617. The first-order valence-corrected chi connectivity index (χ1v) is 37.6. The third-order valence-electron chi connectivity index (χ3n) is 21.8. The standard InChI is InChI=1S/C96H97N6/c1-57(2)31-35-65-51-66(36-32-58(3)4)54-71(53-65)93-81-43-39-77(97-81)91(69-47-61(9)89(62(10)48-69)95-73-23-15-19-27-85(73)101(13)86-28-20-16-24-74(86)95)79-41-45-83(99-79)94(72-55-67(37-33-59(5)6)52-68(56-72)38-34-60(7)8)84-46-42-80(100-84)92(78-40-44-82(93)98-78)70-49-63(11)90(64(12)50-70)96-75-25-17-21-29-87(75)102(14)88-30-22-18-26-76(88)96/h15-30,39-60H,31-38H2,1-14H3,(H,97,98,99,100)/q+1/p+1. The minimum atomic E-state index is 0.572. The van der Waals surface area contributed by atoms with Crippen molar-refractivity contribution in [2.45, 2.75) is 134 Å². The van der Waals surface area contributed by atoms with Gasteiger partial charge in [-0.05, 0) is 253 Å². The van der Waals surface area contributed by atoms with Crippen molar-refractivity contribution in [3.8, 4) is 66.8 Å². The fourth-order valence-electron chi connectivity index (χ4n) is 16.6. The summed E-state index contributed by atoms with van der Waals surface area (Å²) in [7, 11) is 4.39. The van der Waals surface area contributed by atoms with Crippen molar-refractivity contribution >= 4 is 90.0 Å². The Labute approximate surface area is 603 Å². The Morgan fingerprint density at radius 2 is 0.539 bits per heavy atom. The second-order valence-corrected chi connectivity index (χ2v) is 31.2. The summed E-state index contributed by atoms with van der Waals surface area (Å²) in [5.41, 5.74) is 36.7. The van der Waals surface area contributed by atoms with Crippen molar-refractivity contribution in [1.29, 1.82) is 0 Å². The topological polar surface area (TPSA) is 65.1 Å². The molecule has 0 spiro atoms. The first-order valence-electron chi connectivity index (χ1n) is 37.6. The van der Waals surface area contributed by atoms with Gasteiger partial charge in [0.05, 0.1) is 44.3 Å². The molecule has 2 aliphatic rings. The molecular formula is C96H98N6+2. The fraction of sp³-hybridized carbons (Fsp3) is 0.271. The van der Waals surface area contributed by atoms with E-state index in [4.69, 9.17) is 9.97 Å². The molecule has 0 radical (unpaired) electrons. The molecular weight excluding hydrogens is 1240 g/mol. The largest absolute Gasteiger partial charge is 0.354 e. The summed E-state index contributed by atoms with van der Waals surface area (Å²) in [5.74, 6) is 2.29. The lowest BCUT2D eigenvalue weighted by Crippen LogP contribution is -2.30. The van der Waals surface area contributed by atoms with Gasteiger partial charge in [-0.2, -0.15) is 9.13 Å². The first-order chi connectivity index (χ1) is 49.3. The molecule has 6 nitrogen and oxygen atoms in total. The highest BCUT2D eigenvalue weighted by molar-refractivity contribution is 6.11. The molecule has 0 saturated heterocycles. The molecule has 6 heteroatoms. The first kappa shape index (κ1) is 67.5. The average Bonchev–Trinajstić information content (AvgIpc) is 1.10. The van der Waals surface area contributed by atoms with Crippen LogP contribution in [0.2, 0.25) is 0 Å². The van der Waals surface area contributed by atoms with Crippen LogP contribution in [0.5, 0.6) is 0 Å². The van der Waals surface area contributed by atoms with E-state index in [0.29, 0.717) is 23.7 Å². The lowest BCUT2D eigenvalue weighted by atomic mass is 9.87. The van der Waals surface area contributed by atoms with Gasteiger partial charge in [0.1, 0.15) is 14.1 Å². The second-order valence-electron chi connectivity index (χ2n) is 31.2. The molecule has 0 atom stereocenters. The van der Waals surface area contributed by atoms with Crippen LogP contribution in [-0.4, -0.2) is 19.9 Å². The SMILES string of the molecule is Cc1cc(-c2c3nc(c(-c4cc(CCC(C)C)cc(CCC(C)C)c4)c4ccc([nH]4)c(-c4cc(C)c(-c5c6ccccc6[n+](C)c6ccccc56)c(C)c4)c4ccc([nH]4)c(-c4cc(CCC(C)C)cc(CCC(C)C)c4)c4nc2C=C4)C=C3)cc(C)c1-c1c2ccccc2[n+](C)c2ccccc12. The molecule has 2 N–H and O–H groups in total. The molecule has 8 bridgehead atoms. The van der Waals surface area contributed by atoms with Gasteiger partial charge in [0.25, 0.3) is 0 Å². The van der Waals surface area contributed by atoms with Gasteiger partial charge < -0.3 is 9.97 Å².